The molecule has 10 aliphatic rings. The molecule has 34 heteroatoms. The molecule has 3 N–H and O–H groups in total. The van der Waals surface area contributed by atoms with Crippen molar-refractivity contribution in [3.05, 3.63) is 303 Å². The number of piperidine rings is 5. The standard InChI is InChI=1S/C24H25F2N5O.C24H24F2N4O2.C18H22N4O2.2C18H20N4O2/c1-15-8-17(5-6-22(15)30-12-16(2)27-14-30)24-29-32-13-23-21(4-3-7-31(23)24)28-20-10-18(25)9-19(26)11-20;1-15-8-17(4-5-21(15)29-12-16(2)27-14-29)23-28-32-13-22-24(31,6-3-7-30(22)23)18-9-19(25)11-20(26)10-18;3*1-12-8-14(5-6-15(12)21-9-13(2)19-11-21)18-20-24-10-16-17(23)4-3-7-22(16)18/h5-6,8-12,14,21,23,28H,3-4,7,13H2,1-2H3;4-5,8-12,14,22,31H,3,6-7,13H2,1-2H3;5-6,8-9,11,16-17,23H,3-4,7,10H2,1-2H3;2*5-6,8-9,11,16H,3-4,7,10H2,1-2H3/t21?,23-;22-,24?;;16-;/m00.0./s1. The number of anilines is 1. The monoisotopic (exact) mass is 1850 g/mol. The summed E-state index contributed by atoms with van der Waals surface area (Å²) >= 11 is 0. The first kappa shape index (κ1) is 92.2. The molecule has 7 aromatic carbocycles. The normalized spacial score (nSPS) is 21.5. The molecule has 5 aromatic heterocycles. The minimum absolute atomic E-state index is 0.00234. The predicted octanol–water partition coefficient (Wildman–Crippen LogP) is 14.7. The van der Waals surface area contributed by atoms with Crippen LogP contribution in [0.1, 0.15) is 154 Å². The van der Waals surface area contributed by atoms with Crippen molar-refractivity contribution in [2.24, 2.45) is 25.8 Å². The predicted molar refractivity (Wildman–Crippen MR) is 506 cm³/mol. The van der Waals surface area contributed by atoms with E-state index in [0.717, 1.165) is 213 Å². The Balaban J connectivity index is 0.000000114. The van der Waals surface area contributed by atoms with Crippen LogP contribution in [0.5, 0.6) is 0 Å². The van der Waals surface area contributed by atoms with Gasteiger partial charge >= 0.3 is 0 Å². The van der Waals surface area contributed by atoms with E-state index in [4.69, 9.17) is 24.2 Å². The summed E-state index contributed by atoms with van der Waals surface area (Å²) in [6.45, 7) is 26.0. The fraction of sp³-hybridized carbons (Fsp3) is 0.373. The van der Waals surface area contributed by atoms with Crippen LogP contribution in [-0.2, 0) is 39.4 Å². The van der Waals surface area contributed by atoms with Gasteiger partial charge in [-0.3, -0.25) is 9.59 Å². The van der Waals surface area contributed by atoms with Crippen LogP contribution in [-0.4, -0.2) is 231 Å². The minimum Gasteiger partial charge on any atom is -0.392 e. The number of carbonyl (C=O) groups excluding carboxylic acids is 2. The number of hydrogen-bond acceptors (Lipinski definition) is 25. The van der Waals surface area contributed by atoms with Crippen molar-refractivity contribution in [2.75, 3.05) is 71.1 Å². The number of imidazole rings is 5. The van der Waals surface area contributed by atoms with Gasteiger partial charge in [0.25, 0.3) is 0 Å². The van der Waals surface area contributed by atoms with Crippen LogP contribution in [0.25, 0.3) is 28.4 Å². The van der Waals surface area contributed by atoms with E-state index in [1.165, 1.54) is 24.3 Å². The zero-order chi connectivity index (χ0) is 94.7. The van der Waals surface area contributed by atoms with Gasteiger partial charge in [0.15, 0.2) is 40.7 Å². The molecule has 5 unspecified atom stereocenters. The molecule has 22 rings (SSSR count). The molecule has 8 atom stereocenters. The maximum atomic E-state index is 13.9. The molecule has 10 aliphatic heterocycles. The summed E-state index contributed by atoms with van der Waals surface area (Å²) < 4.78 is 65.2. The van der Waals surface area contributed by atoms with Crippen LogP contribution < -0.4 is 5.32 Å². The van der Waals surface area contributed by atoms with Crippen molar-refractivity contribution in [1.82, 2.24) is 72.3 Å². The largest absolute Gasteiger partial charge is 0.392 e. The van der Waals surface area contributed by atoms with Gasteiger partial charge < -0.3 is 87.1 Å². The highest BCUT2D eigenvalue weighted by molar-refractivity contribution is 6.05. The van der Waals surface area contributed by atoms with Gasteiger partial charge in [0.1, 0.15) is 80.0 Å². The third-order valence-corrected chi connectivity index (χ3v) is 26.7. The molecule has 0 bridgehead atoms. The van der Waals surface area contributed by atoms with Crippen LogP contribution in [0.4, 0.5) is 23.2 Å². The number of ketones is 2. The molecule has 706 valence electrons. The lowest BCUT2D eigenvalue weighted by atomic mass is 9.78. The Bertz CT molecular complexity index is 6430. The Labute approximate surface area is 785 Å². The average Bonchev–Trinajstić information content (AvgIpc) is 0.760. The number of carbonyl (C=O) groups is 2. The Morgan fingerprint density at radius 1 is 0.360 bits per heavy atom. The summed E-state index contributed by atoms with van der Waals surface area (Å²) in [7, 11) is 0. The first-order chi connectivity index (χ1) is 65.7. The third-order valence-electron chi connectivity index (χ3n) is 26.7. The number of aryl methyl sites for hydroxylation is 10. The molecule has 0 spiro atoms. The minimum atomic E-state index is -1.45. The van der Waals surface area contributed by atoms with Crippen molar-refractivity contribution in [3.63, 3.8) is 0 Å². The molecule has 0 aliphatic carbocycles. The van der Waals surface area contributed by atoms with Crippen LogP contribution >= 0.6 is 0 Å². The number of hydrogen-bond donors (Lipinski definition) is 3. The summed E-state index contributed by atoms with van der Waals surface area (Å²) in [4.78, 5) is 83.6. The lowest BCUT2D eigenvalue weighted by Gasteiger charge is -2.49. The second-order valence-corrected chi connectivity index (χ2v) is 36.4. The zero-order valence-electron chi connectivity index (χ0n) is 77.8. The number of halogens is 4. The lowest BCUT2D eigenvalue weighted by Crippen LogP contribution is -2.60. The van der Waals surface area contributed by atoms with E-state index >= 15 is 0 Å². The number of Topliss-reactive ketones (excluding diaryl/α,β-unsaturated/α-hetero) is 2. The Morgan fingerprint density at radius 2 is 0.676 bits per heavy atom. The molecule has 0 amide bonds. The van der Waals surface area contributed by atoms with Crippen molar-refractivity contribution in [1.29, 1.82) is 0 Å². The maximum absolute atomic E-state index is 13.9. The SMILES string of the molecule is Cc1cn(-c2ccc(C3=NOCC4C(=O)CCCN34)cc2C)cn1.Cc1cn(-c2ccc(C3=NOCC4C(O)CCCN34)cc2C)cn1.Cc1cn(-c2ccc(C3=NOC[C@@H]4N3CCCC4(O)c3cc(F)cc(F)c3)cc2C)cn1.Cc1cn(-c2ccc(C3=NOC[C@H]4C(=O)CCCN34)cc2C)cn1.Cc1cn(-c2ccc(C3=NOC[C@H]4C(Nc5cc(F)cc(F)c5)CCCN34)cc2C)cn1. The molecular formula is C102H111F4N21O9. The van der Waals surface area contributed by atoms with Crippen LogP contribution in [0.15, 0.2) is 216 Å². The third kappa shape index (κ3) is 19.7. The highest BCUT2D eigenvalue weighted by atomic mass is 19.1. The van der Waals surface area contributed by atoms with Crippen molar-refractivity contribution < 1.29 is 61.6 Å². The van der Waals surface area contributed by atoms with Gasteiger partial charge in [-0.05, 0) is 269 Å². The van der Waals surface area contributed by atoms with E-state index in [-0.39, 0.29) is 60.0 Å². The van der Waals surface area contributed by atoms with E-state index in [9.17, 15) is 37.4 Å². The van der Waals surface area contributed by atoms with Crippen molar-refractivity contribution in [3.8, 4) is 28.4 Å². The fourth-order valence-corrected chi connectivity index (χ4v) is 19.9. The topological polar surface area (TPSA) is 300 Å². The molecule has 12 aromatic rings. The quantitative estimate of drug-likeness (QED) is 0.0903. The first-order valence-corrected chi connectivity index (χ1v) is 46.3. The smallest absolute Gasteiger partial charge is 0.176 e. The van der Waals surface area contributed by atoms with Gasteiger partial charge in [0, 0.05) is 151 Å². The number of aliphatic hydroxyl groups excluding tert-OH is 1. The molecule has 136 heavy (non-hydrogen) atoms. The van der Waals surface area contributed by atoms with Crippen molar-refractivity contribution >= 4 is 46.4 Å². The number of rotatable bonds is 13. The number of oxime groups is 5. The molecule has 0 radical (unpaired) electrons. The number of fused-ring (bicyclic) bond motifs is 5. The number of nitrogens with one attached hydrogen (secondary N) is 1. The Morgan fingerprint density at radius 3 is 1.04 bits per heavy atom. The summed E-state index contributed by atoms with van der Waals surface area (Å²) in [5.41, 5.74) is 19.7. The van der Waals surface area contributed by atoms with Gasteiger partial charge in [-0.1, -0.05) is 25.8 Å². The second kappa shape index (κ2) is 39.7. The Hall–Kier alpha value is -14.3. The van der Waals surface area contributed by atoms with Crippen LogP contribution in [0, 0.1) is 92.5 Å². The summed E-state index contributed by atoms with van der Waals surface area (Å²) in [6, 6.07) is 36.6. The number of nitrogens with zero attached hydrogens (tertiary/aromatic N) is 20. The van der Waals surface area contributed by atoms with E-state index in [1.54, 1.807) is 6.33 Å². The maximum Gasteiger partial charge on any atom is 0.176 e. The summed E-state index contributed by atoms with van der Waals surface area (Å²) in [6.07, 6.45) is 26.4. The average molecular weight is 1850 g/mol. The van der Waals surface area contributed by atoms with Gasteiger partial charge in [-0.25, -0.2) is 42.5 Å². The van der Waals surface area contributed by atoms with Gasteiger partial charge in [0.2, 0.25) is 0 Å². The number of benzene rings is 7. The molecule has 5 saturated heterocycles. The number of amidine groups is 5. The summed E-state index contributed by atoms with van der Waals surface area (Å²) in [5, 5.41) is 46.5. The van der Waals surface area contributed by atoms with Crippen molar-refractivity contribution in [2.45, 2.75) is 181 Å². The fourth-order valence-electron chi connectivity index (χ4n) is 19.9. The van der Waals surface area contributed by atoms with Gasteiger partial charge in [-0.15, -0.1) is 0 Å². The number of aromatic nitrogens is 10. The van der Waals surface area contributed by atoms with E-state index in [1.807, 2.05) is 162 Å². The highest BCUT2D eigenvalue weighted by Gasteiger charge is 2.49. The zero-order valence-corrected chi connectivity index (χ0v) is 77.8. The van der Waals surface area contributed by atoms with E-state index in [2.05, 4.69) is 158 Å². The highest BCUT2D eigenvalue weighted by Crippen LogP contribution is 2.41. The molecule has 5 fully saturated rings. The van der Waals surface area contributed by atoms with Gasteiger partial charge in [0.05, 0.1) is 84.3 Å². The van der Waals surface area contributed by atoms with Crippen LogP contribution in [0.2, 0.25) is 0 Å². The first-order valence-electron chi connectivity index (χ1n) is 46.3. The molecule has 0 saturated carbocycles. The molecular weight excluding hydrogens is 1740 g/mol. The second-order valence-electron chi connectivity index (χ2n) is 36.4. The number of aliphatic hydroxyl groups is 2. The van der Waals surface area contributed by atoms with Gasteiger partial charge in [-0.2, -0.15) is 0 Å². The van der Waals surface area contributed by atoms with Crippen LogP contribution in [0.3, 0.4) is 0 Å². The van der Waals surface area contributed by atoms with E-state index in [0.29, 0.717) is 70.2 Å². The lowest BCUT2D eigenvalue weighted by molar-refractivity contribution is -0.129. The Kier molecular flexibility index (Phi) is 26.9. The molecule has 30 nitrogen and oxygen atoms in total. The summed E-state index contributed by atoms with van der Waals surface area (Å²) in [5.74, 6) is 1.62. The molecule has 15 heterocycles. The van der Waals surface area contributed by atoms with E-state index < -0.39 is 34.9 Å².